The lowest BCUT2D eigenvalue weighted by molar-refractivity contribution is -0.118. The van der Waals surface area contributed by atoms with E-state index in [2.05, 4.69) is 0 Å². The van der Waals surface area contributed by atoms with Gasteiger partial charge in [0.15, 0.2) is 11.6 Å². The Morgan fingerprint density at radius 2 is 2.00 bits per heavy atom. The summed E-state index contributed by atoms with van der Waals surface area (Å²) in [5.74, 6) is -2.51. The molecule has 1 amide bonds. The van der Waals surface area contributed by atoms with Crippen molar-refractivity contribution in [1.29, 1.82) is 0 Å². The first-order valence-corrected chi connectivity index (χ1v) is 3.99. The van der Waals surface area contributed by atoms with Gasteiger partial charge in [0, 0.05) is 12.5 Å². The number of primary amides is 1. The maximum absolute atomic E-state index is 12.7. The third kappa shape index (κ3) is 2.50. The second kappa shape index (κ2) is 4.15. The van der Waals surface area contributed by atoms with E-state index in [1.807, 2.05) is 0 Å². The van der Waals surface area contributed by atoms with Gasteiger partial charge in [-0.05, 0) is 17.7 Å². The zero-order valence-electron chi connectivity index (χ0n) is 7.34. The molecule has 0 fully saturated rings. The Bertz CT molecular complexity index is 355. The fraction of sp³-hybridized carbons (Fsp3) is 0.222. The molecule has 1 rings (SSSR count). The minimum Gasteiger partial charge on any atom is -0.370 e. The van der Waals surface area contributed by atoms with Gasteiger partial charge in [0.05, 0.1) is 0 Å². The Hall–Kier alpha value is -1.49. The molecule has 5 heteroatoms. The average molecular weight is 200 g/mol. The summed E-state index contributed by atoms with van der Waals surface area (Å²) in [7, 11) is 0. The standard InChI is InChI=1S/C9H10F2N2O/c10-6-2-1-5(3-7(6)11)8(12)4-9(13)14/h1-3,8H,4,12H2,(H2,13,14). The van der Waals surface area contributed by atoms with Gasteiger partial charge >= 0.3 is 0 Å². The monoisotopic (exact) mass is 200 g/mol. The fourth-order valence-corrected chi connectivity index (χ4v) is 1.08. The first kappa shape index (κ1) is 10.6. The molecule has 1 unspecified atom stereocenters. The maximum atomic E-state index is 12.7. The van der Waals surface area contributed by atoms with Crippen LogP contribution >= 0.6 is 0 Å². The maximum Gasteiger partial charge on any atom is 0.219 e. The van der Waals surface area contributed by atoms with Crippen molar-refractivity contribution in [2.75, 3.05) is 0 Å². The van der Waals surface area contributed by atoms with E-state index in [-0.39, 0.29) is 6.42 Å². The first-order chi connectivity index (χ1) is 6.50. The van der Waals surface area contributed by atoms with E-state index in [9.17, 15) is 13.6 Å². The lowest BCUT2D eigenvalue weighted by Gasteiger charge is -2.09. The number of halogens is 2. The molecule has 3 nitrogen and oxygen atoms in total. The van der Waals surface area contributed by atoms with Crippen LogP contribution in [0.5, 0.6) is 0 Å². The van der Waals surface area contributed by atoms with Crippen LogP contribution in [-0.2, 0) is 4.79 Å². The normalized spacial score (nSPS) is 12.5. The van der Waals surface area contributed by atoms with Crippen molar-refractivity contribution in [2.24, 2.45) is 11.5 Å². The van der Waals surface area contributed by atoms with Gasteiger partial charge in [-0.15, -0.1) is 0 Å². The van der Waals surface area contributed by atoms with Crippen LogP contribution in [0.1, 0.15) is 18.0 Å². The summed E-state index contributed by atoms with van der Waals surface area (Å²) in [5.41, 5.74) is 10.8. The van der Waals surface area contributed by atoms with Gasteiger partial charge in [0.1, 0.15) is 0 Å². The number of nitrogens with two attached hydrogens (primary N) is 2. The molecule has 0 aliphatic rings. The summed E-state index contributed by atoms with van der Waals surface area (Å²) in [6.07, 6.45) is -0.0922. The van der Waals surface area contributed by atoms with Crippen LogP contribution in [0.25, 0.3) is 0 Å². The van der Waals surface area contributed by atoms with Crippen LogP contribution < -0.4 is 11.5 Å². The minimum absolute atomic E-state index is 0.0922. The quantitative estimate of drug-likeness (QED) is 0.759. The number of carbonyl (C=O) groups is 1. The SMILES string of the molecule is NC(=O)CC(N)c1ccc(F)c(F)c1. The molecule has 0 saturated heterocycles. The van der Waals surface area contributed by atoms with Crippen LogP contribution in [0.4, 0.5) is 8.78 Å². The Kier molecular flexibility index (Phi) is 3.14. The number of hydrogen-bond acceptors (Lipinski definition) is 2. The molecular formula is C9H10F2N2O. The number of carbonyl (C=O) groups excluding carboxylic acids is 1. The molecule has 1 aromatic rings. The zero-order valence-corrected chi connectivity index (χ0v) is 7.34. The Morgan fingerprint density at radius 1 is 1.36 bits per heavy atom. The highest BCUT2D eigenvalue weighted by molar-refractivity contribution is 5.74. The van der Waals surface area contributed by atoms with Gasteiger partial charge in [-0.1, -0.05) is 6.07 Å². The van der Waals surface area contributed by atoms with Crippen LogP contribution in [0.3, 0.4) is 0 Å². The molecular weight excluding hydrogens is 190 g/mol. The molecule has 1 aromatic carbocycles. The molecule has 14 heavy (non-hydrogen) atoms. The highest BCUT2D eigenvalue weighted by Gasteiger charge is 2.11. The summed E-state index contributed by atoms with van der Waals surface area (Å²) in [4.78, 5) is 10.5. The predicted octanol–water partition coefficient (Wildman–Crippen LogP) is 0.840. The van der Waals surface area contributed by atoms with Crippen molar-refractivity contribution in [1.82, 2.24) is 0 Å². The van der Waals surface area contributed by atoms with Gasteiger partial charge in [-0.2, -0.15) is 0 Å². The van der Waals surface area contributed by atoms with E-state index < -0.39 is 23.6 Å². The van der Waals surface area contributed by atoms with Gasteiger partial charge < -0.3 is 11.5 Å². The smallest absolute Gasteiger partial charge is 0.219 e. The second-order valence-electron chi connectivity index (χ2n) is 2.95. The molecule has 0 spiro atoms. The summed E-state index contributed by atoms with van der Waals surface area (Å²) in [5, 5.41) is 0. The van der Waals surface area contributed by atoms with Crippen LogP contribution in [0.2, 0.25) is 0 Å². The average Bonchev–Trinajstić information content (AvgIpc) is 2.08. The number of hydrogen-bond donors (Lipinski definition) is 2. The second-order valence-corrected chi connectivity index (χ2v) is 2.95. The highest BCUT2D eigenvalue weighted by Crippen LogP contribution is 2.16. The molecule has 0 heterocycles. The summed E-state index contributed by atoms with van der Waals surface area (Å²) < 4.78 is 25.2. The van der Waals surface area contributed by atoms with Gasteiger partial charge in [0.2, 0.25) is 5.91 Å². The lowest BCUT2D eigenvalue weighted by Crippen LogP contribution is -2.20. The van der Waals surface area contributed by atoms with E-state index in [4.69, 9.17) is 11.5 Å². The lowest BCUT2D eigenvalue weighted by atomic mass is 10.0. The fourth-order valence-electron chi connectivity index (χ4n) is 1.08. The topological polar surface area (TPSA) is 69.1 Å². The van der Waals surface area contributed by atoms with Crippen molar-refractivity contribution in [3.8, 4) is 0 Å². The van der Waals surface area contributed by atoms with Crippen molar-refractivity contribution in [3.63, 3.8) is 0 Å². The molecule has 0 saturated carbocycles. The zero-order chi connectivity index (χ0) is 10.7. The van der Waals surface area contributed by atoms with E-state index in [1.54, 1.807) is 0 Å². The van der Waals surface area contributed by atoms with Crippen LogP contribution in [-0.4, -0.2) is 5.91 Å². The van der Waals surface area contributed by atoms with Gasteiger partial charge in [0.25, 0.3) is 0 Å². The molecule has 0 aliphatic heterocycles. The van der Waals surface area contributed by atoms with E-state index in [0.717, 1.165) is 12.1 Å². The van der Waals surface area contributed by atoms with E-state index in [1.165, 1.54) is 6.07 Å². The van der Waals surface area contributed by atoms with Crippen LogP contribution in [0, 0.1) is 11.6 Å². The summed E-state index contributed by atoms with van der Waals surface area (Å²) in [6, 6.07) is 2.56. The number of benzene rings is 1. The van der Waals surface area contributed by atoms with Crippen LogP contribution in [0.15, 0.2) is 18.2 Å². The van der Waals surface area contributed by atoms with Crippen molar-refractivity contribution < 1.29 is 13.6 Å². The third-order valence-corrected chi connectivity index (χ3v) is 1.79. The van der Waals surface area contributed by atoms with E-state index >= 15 is 0 Å². The van der Waals surface area contributed by atoms with Gasteiger partial charge in [-0.3, -0.25) is 4.79 Å². The first-order valence-electron chi connectivity index (χ1n) is 3.99. The van der Waals surface area contributed by atoms with Crippen molar-refractivity contribution in [3.05, 3.63) is 35.4 Å². The molecule has 4 N–H and O–H groups in total. The Balaban J connectivity index is 2.85. The predicted molar refractivity (Wildman–Crippen MR) is 47.1 cm³/mol. The molecule has 0 aromatic heterocycles. The number of rotatable bonds is 3. The summed E-state index contributed by atoms with van der Waals surface area (Å²) in [6.45, 7) is 0. The molecule has 1 atom stereocenters. The third-order valence-electron chi connectivity index (χ3n) is 1.79. The molecule has 76 valence electrons. The Labute approximate surface area is 79.7 Å². The Morgan fingerprint density at radius 3 is 2.50 bits per heavy atom. The van der Waals surface area contributed by atoms with Crippen molar-refractivity contribution >= 4 is 5.91 Å². The molecule has 0 aliphatic carbocycles. The molecule has 0 radical (unpaired) electrons. The highest BCUT2D eigenvalue weighted by atomic mass is 19.2. The summed E-state index contributed by atoms with van der Waals surface area (Å²) >= 11 is 0. The largest absolute Gasteiger partial charge is 0.370 e. The van der Waals surface area contributed by atoms with Crippen molar-refractivity contribution in [2.45, 2.75) is 12.5 Å². The minimum atomic E-state index is -0.984. The molecule has 0 bridgehead atoms. The van der Waals surface area contributed by atoms with E-state index in [0.29, 0.717) is 5.56 Å². The van der Waals surface area contributed by atoms with Gasteiger partial charge in [-0.25, -0.2) is 8.78 Å². The number of amides is 1.